The number of halogens is 1. The molecule has 1 aromatic heterocycles. The molecule has 0 bridgehead atoms. The van der Waals surface area contributed by atoms with Gasteiger partial charge in [0.1, 0.15) is 5.75 Å². The first-order valence-corrected chi connectivity index (χ1v) is 11.3. The summed E-state index contributed by atoms with van der Waals surface area (Å²) in [6, 6.07) is 14.5. The quantitative estimate of drug-likeness (QED) is 0.535. The zero-order valence-corrected chi connectivity index (χ0v) is 18.9. The van der Waals surface area contributed by atoms with Crippen molar-refractivity contribution >= 4 is 32.7 Å². The highest BCUT2D eigenvalue weighted by molar-refractivity contribution is 9.10. The molecule has 1 fully saturated rings. The lowest BCUT2D eigenvalue weighted by molar-refractivity contribution is -0.126. The van der Waals surface area contributed by atoms with Gasteiger partial charge in [-0.25, -0.2) is 0 Å². The van der Waals surface area contributed by atoms with Crippen molar-refractivity contribution in [1.29, 1.82) is 0 Å². The molecule has 1 saturated heterocycles. The first-order valence-electron chi connectivity index (χ1n) is 10.5. The Morgan fingerprint density at radius 1 is 1.23 bits per heavy atom. The molecule has 0 aliphatic carbocycles. The van der Waals surface area contributed by atoms with E-state index in [1.165, 1.54) is 16.5 Å². The van der Waals surface area contributed by atoms with E-state index in [1.54, 1.807) is 7.11 Å². The third-order valence-electron chi connectivity index (χ3n) is 5.95. The second-order valence-corrected chi connectivity index (χ2v) is 8.77. The number of aromatic nitrogens is 1. The first kappa shape index (κ1) is 20.9. The van der Waals surface area contributed by atoms with E-state index in [2.05, 4.69) is 61.5 Å². The van der Waals surface area contributed by atoms with E-state index in [4.69, 9.17) is 4.74 Å². The van der Waals surface area contributed by atoms with Gasteiger partial charge >= 0.3 is 0 Å². The van der Waals surface area contributed by atoms with Crippen LogP contribution in [0.5, 0.6) is 5.75 Å². The topological polar surface area (TPSA) is 57.4 Å². The van der Waals surface area contributed by atoms with Gasteiger partial charge in [-0.3, -0.25) is 9.69 Å². The van der Waals surface area contributed by atoms with Crippen molar-refractivity contribution in [3.63, 3.8) is 0 Å². The van der Waals surface area contributed by atoms with Crippen LogP contribution in [0.4, 0.5) is 0 Å². The fourth-order valence-electron chi connectivity index (χ4n) is 4.22. The SMILES string of the molecule is COc1ccc(CN2CCC(C(=O)NCCc3c[nH]c4ccccc34)CC2)cc1Br. The Balaban J connectivity index is 1.22. The molecule has 1 aliphatic rings. The number of nitrogens with one attached hydrogen (secondary N) is 2. The van der Waals surface area contributed by atoms with Crippen LogP contribution in [-0.2, 0) is 17.8 Å². The Morgan fingerprint density at radius 2 is 2.03 bits per heavy atom. The summed E-state index contributed by atoms with van der Waals surface area (Å²) in [5.74, 6) is 1.16. The molecule has 2 aromatic carbocycles. The Kier molecular flexibility index (Phi) is 6.75. The Hall–Kier alpha value is -2.31. The van der Waals surface area contributed by atoms with E-state index < -0.39 is 0 Å². The van der Waals surface area contributed by atoms with Gasteiger partial charge < -0.3 is 15.0 Å². The number of methoxy groups -OCH3 is 1. The monoisotopic (exact) mass is 469 g/mol. The molecule has 6 heteroatoms. The standard InChI is InChI=1S/C24H28BrN3O2/c1-30-23-7-6-17(14-21(23)25)16-28-12-9-18(10-13-28)24(29)26-11-8-19-15-27-22-5-3-2-4-20(19)22/h2-7,14-15,18,27H,8-13,16H2,1H3,(H,26,29). The lowest BCUT2D eigenvalue weighted by atomic mass is 9.95. The number of benzene rings is 2. The van der Waals surface area contributed by atoms with Crippen LogP contribution in [0.1, 0.15) is 24.0 Å². The van der Waals surface area contributed by atoms with Crippen molar-refractivity contribution in [3.8, 4) is 5.75 Å². The summed E-state index contributed by atoms with van der Waals surface area (Å²) in [5, 5.41) is 4.39. The number of amides is 1. The van der Waals surface area contributed by atoms with Crippen LogP contribution in [0.2, 0.25) is 0 Å². The van der Waals surface area contributed by atoms with E-state index in [0.29, 0.717) is 6.54 Å². The third-order valence-corrected chi connectivity index (χ3v) is 6.57. The molecule has 5 nitrogen and oxygen atoms in total. The minimum atomic E-state index is 0.117. The van der Waals surface area contributed by atoms with Crippen molar-refractivity contribution in [2.45, 2.75) is 25.8 Å². The molecular formula is C24H28BrN3O2. The van der Waals surface area contributed by atoms with Gasteiger partial charge in [0.15, 0.2) is 0 Å². The molecule has 1 amide bonds. The fourth-order valence-corrected chi connectivity index (χ4v) is 4.81. The second kappa shape index (κ2) is 9.67. The summed E-state index contributed by atoms with van der Waals surface area (Å²) >= 11 is 3.55. The summed E-state index contributed by atoms with van der Waals surface area (Å²) in [6.07, 6.45) is 4.72. The fraction of sp³-hybridized carbons (Fsp3) is 0.375. The molecule has 3 aromatic rings. The summed E-state index contributed by atoms with van der Waals surface area (Å²) in [4.78, 5) is 18.3. The predicted octanol–water partition coefficient (Wildman–Crippen LogP) is 4.51. The van der Waals surface area contributed by atoms with Crippen LogP contribution >= 0.6 is 15.9 Å². The van der Waals surface area contributed by atoms with Gasteiger partial charge in [-0.15, -0.1) is 0 Å². The highest BCUT2D eigenvalue weighted by Crippen LogP contribution is 2.27. The number of carbonyl (C=O) groups excluding carboxylic acids is 1. The number of rotatable bonds is 7. The second-order valence-electron chi connectivity index (χ2n) is 7.92. The number of aromatic amines is 1. The van der Waals surface area contributed by atoms with Gasteiger partial charge in [-0.2, -0.15) is 0 Å². The largest absolute Gasteiger partial charge is 0.496 e. The molecule has 2 heterocycles. The lowest BCUT2D eigenvalue weighted by Gasteiger charge is -2.31. The number of likely N-dealkylation sites (tertiary alicyclic amines) is 1. The summed E-state index contributed by atoms with van der Waals surface area (Å²) in [6.45, 7) is 3.48. The zero-order valence-electron chi connectivity index (χ0n) is 17.3. The summed E-state index contributed by atoms with van der Waals surface area (Å²) < 4.78 is 6.28. The maximum absolute atomic E-state index is 12.6. The maximum Gasteiger partial charge on any atom is 0.223 e. The van der Waals surface area contributed by atoms with E-state index >= 15 is 0 Å². The smallest absolute Gasteiger partial charge is 0.223 e. The lowest BCUT2D eigenvalue weighted by Crippen LogP contribution is -2.40. The summed E-state index contributed by atoms with van der Waals surface area (Å²) in [5.41, 5.74) is 3.66. The normalized spacial score (nSPS) is 15.4. The third kappa shape index (κ3) is 4.87. The van der Waals surface area contributed by atoms with Crippen LogP contribution in [0.3, 0.4) is 0 Å². The average molecular weight is 470 g/mol. The number of hydrogen-bond acceptors (Lipinski definition) is 3. The highest BCUT2D eigenvalue weighted by Gasteiger charge is 2.24. The van der Waals surface area contributed by atoms with E-state index in [9.17, 15) is 4.79 Å². The van der Waals surface area contributed by atoms with Gasteiger partial charge in [0.2, 0.25) is 5.91 Å². The minimum Gasteiger partial charge on any atom is -0.496 e. The Bertz CT molecular complexity index is 1010. The summed E-state index contributed by atoms with van der Waals surface area (Å²) in [7, 11) is 1.68. The molecule has 0 radical (unpaired) electrons. The van der Waals surface area contributed by atoms with Crippen LogP contribution < -0.4 is 10.1 Å². The van der Waals surface area contributed by atoms with Crippen LogP contribution in [0.15, 0.2) is 53.1 Å². The predicted molar refractivity (Wildman–Crippen MR) is 124 cm³/mol. The van der Waals surface area contributed by atoms with Crippen LogP contribution in [0, 0.1) is 5.92 Å². The zero-order chi connectivity index (χ0) is 20.9. The van der Waals surface area contributed by atoms with E-state index in [-0.39, 0.29) is 11.8 Å². The number of carbonyl (C=O) groups is 1. The van der Waals surface area contributed by atoms with Crippen molar-refractivity contribution < 1.29 is 9.53 Å². The number of fused-ring (bicyclic) bond motifs is 1. The molecule has 0 spiro atoms. The van der Waals surface area contributed by atoms with Gasteiger partial charge in [0.25, 0.3) is 0 Å². The molecule has 0 saturated carbocycles. The molecule has 2 N–H and O–H groups in total. The highest BCUT2D eigenvalue weighted by atomic mass is 79.9. The van der Waals surface area contributed by atoms with Gasteiger partial charge in [0.05, 0.1) is 11.6 Å². The molecule has 0 unspecified atom stereocenters. The van der Waals surface area contributed by atoms with E-state index in [1.807, 2.05) is 18.3 Å². The van der Waals surface area contributed by atoms with Crippen LogP contribution in [0.25, 0.3) is 10.9 Å². The van der Waals surface area contributed by atoms with Crippen molar-refractivity contribution in [2.24, 2.45) is 5.92 Å². The van der Waals surface area contributed by atoms with Gasteiger partial charge in [-0.05, 0) is 77.6 Å². The Morgan fingerprint density at radius 3 is 2.80 bits per heavy atom. The minimum absolute atomic E-state index is 0.117. The number of hydrogen-bond donors (Lipinski definition) is 2. The van der Waals surface area contributed by atoms with Crippen molar-refractivity contribution in [3.05, 3.63) is 64.3 Å². The molecule has 0 atom stereocenters. The first-order chi connectivity index (χ1) is 14.6. The van der Waals surface area contributed by atoms with Crippen molar-refractivity contribution in [1.82, 2.24) is 15.2 Å². The van der Waals surface area contributed by atoms with Crippen molar-refractivity contribution in [2.75, 3.05) is 26.7 Å². The number of piperidine rings is 1. The van der Waals surface area contributed by atoms with Crippen LogP contribution in [-0.4, -0.2) is 42.5 Å². The van der Waals surface area contributed by atoms with Gasteiger partial charge in [0, 0.05) is 36.1 Å². The Labute approximate surface area is 185 Å². The average Bonchev–Trinajstić information content (AvgIpc) is 3.17. The van der Waals surface area contributed by atoms with E-state index in [0.717, 1.165) is 54.6 Å². The number of para-hydroxylation sites is 1. The molecule has 30 heavy (non-hydrogen) atoms. The number of ether oxygens (including phenoxy) is 1. The number of H-pyrrole nitrogens is 1. The molecule has 4 rings (SSSR count). The van der Waals surface area contributed by atoms with Gasteiger partial charge in [-0.1, -0.05) is 24.3 Å². The molecule has 1 aliphatic heterocycles. The molecule has 158 valence electrons. The molecular weight excluding hydrogens is 442 g/mol. The number of nitrogens with zero attached hydrogens (tertiary/aromatic N) is 1. The maximum atomic E-state index is 12.6.